The molecule has 1 aliphatic heterocycles. The highest BCUT2D eigenvalue weighted by Gasteiger charge is 2.19. The molecule has 3 rings (SSSR count). The zero-order valence-corrected chi connectivity index (χ0v) is 17.9. The number of ether oxygens (including phenoxy) is 1. The molecule has 0 spiro atoms. The molecule has 1 heterocycles. The Balaban J connectivity index is 1.41. The number of hydroxylamine groups is 1. The maximum atomic E-state index is 11.8. The maximum absolute atomic E-state index is 11.8. The van der Waals surface area contributed by atoms with Gasteiger partial charge in [0, 0.05) is 20.0 Å². The third-order valence-corrected chi connectivity index (χ3v) is 5.22. The van der Waals surface area contributed by atoms with Gasteiger partial charge in [-0.3, -0.25) is 9.69 Å². The number of likely N-dealkylation sites (tertiary alicyclic amines) is 1. The molecule has 1 atom stereocenters. The summed E-state index contributed by atoms with van der Waals surface area (Å²) in [4.78, 5) is 29.3. The number of aliphatic hydroxyl groups is 1. The number of nitrogens with one attached hydrogen (secondary N) is 1. The van der Waals surface area contributed by atoms with Crippen LogP contribution in [0.15, 0.2) is 48.5 Å². The van der Waals surface area contributed by atoms with E-state index in [2.05, 4.69) is 15.8 Å². The Kier molecular flexibility index (Phi) is 8.44. The Morgan fingerprint density at radius 1 is 1.13 bits per heavy atom. The molecular weight excluding hydrogens is 396 g/mol. The van der Waals surface area contributed by atoms with E-state index >= 15 is 0 Å². The summed E-state index contributed by atoms with van der Waals surface area (Å²) in [6, 6.07) is 15.1. The fourth-order valence-electron chi connectivity index (χ4n) is 3.58. The van der Waals surface area contributed by atoms with Crippen LogP contribution in [0.1, 0.15) is 54.1 Å². The number of carbonyl (C=O) groups is 2. The average molecular weight is 427 g/mol. The second-order valence-electron chi connectivity index (χ2n) is 7.79. The van der Waals surface area contributed by atoms with E-state index in [1.807, 2.05) is 35.8 Å². The van der Waals surface area contributed by atoms with Crippen LogP contribution in [0, 0.1) is 0 Å². The van der Waals surface area contributed by atoms with Crippen molar-refractivity contribution in [2.24, 2.45) is 0 Å². The number of nitrogens with zero attached hydrogens (tertiary/aromatic N) is 1. The van der Waals surface area contributed by atoms with Gasteiger partial charge in [0.1, 0.15) is 12.0 Å². The Labute approximate surface area is 182 Å². The lowest BCUT2D eigenvalue weighted by Gasteiger charge is -2.32. The molecule has 166 valence electrons. The van der Waals surface area contributed by atoms with Crippen LogP contribution in [-0.4, -0.2) is 41.3 Å². The lowest BCUT2D eigenvalue weighted by atomic mass is 10.1. The van der Waals surface area contributed by atoms with Gasteiger partial charge in [-0.1, -0.05) is 24.3 Å². The number of hydrogen-bond donors (Lipinski definition) is 2. The Bertz CT molecular complexity index is 869. The average Bonchev–Trinajstić information content (AvgIpc) is 2.77. The van der Waals surface area contributed by atoms with Crippen molar-refractivity contribution in [1.29, 1.82) is 0 Å². The molecule has 0 aromatic heterocycles. The van der Waals surface area contributed by atoms with Crippen LogP contribution in [0.3, 0.4) is 0 Å². The van der Waals surface area contributed by atoms with Crippen molar-refractivity contribution in [3.63, 3.8) is 0 Å². The summed E-state index contributed by atoms with van der Waals surface area (Å²) in [6.45, 7) is 3.51. The van der Waals surface area contributed by atoms with Crippen LogP contribution in [0.2, 0.25) is 0 Å². The fraction of sp³-hybridized carbons (Fsp3) is 0.417. The van der Waals surface area contributed by atoms with Crippen molar-refractivity contribution >= 4 is 11.9 Å². The van der Waals surface area contributed by atoms with Crippen LogP contribution in [0.4, 0.5) is 0 Å². The zero-order chi connectivity index (χ0) is 22.1. The van der Waals surface area contributed by atoms with Gasteiger partial charge in [0.25, 0.3) is 0 Å². The van der Waals surface area contributed by atoms with E-state index in [-0.39, 0.29) is 6.23 Å². The third-order valence-electron chi connectivity index (χ3n) is 5.22. The molecule has 0 radical (unpaired) electrons. The van der Waals surface area contributed by atoms with Crippen LogP contribution in [-0.2, 0) is 22.6 Å². The highest BCUT2D eigenvalue weighted by molar-refractivity contribution is 5.90. The van der Waals surface area contributed by atoms with Gasteiger partial charge in [-0.2, -0.15) is 5.48 Å². The Hall–Kier alpha value is -2.90. The first-order valence-electron chi connectivity index (χ1n) is 10.7. The highest BCUT2D eigenvalue weighted by atomic mass is 16.7. The minimum Gasteiger partial charge on any atom is -0.494 e. The summed E-state index contributed by atoms with van der Waals surface area (Å²) >= 11 is 0. The van der Waals surface area contributed by atoms with E-state index < -0.39 is 11.9 Å². The van der Waals surface area contributed by atoms with E-state index in [1.54, 1.807) is 12.1 Å². The molecule has 31 heavy (non-hydrogen) atoms. The Morgan fingerprint density at radius 3 is 2.68 bits per heavy atom. The Morgan fingerprint density at radius 2 is 1.94 bits per heavy atom. The summed E-state index contributed by atoms with van der Waals surface area (Å²) in [5.74, 6) is -0.193. The van der Waals surface area contributed by atoms with E-state index in [0.717, 1.165) is 62.1 Å². The first-order chi connectivity index (χ1) is 15.0. The number of carbonyl (C=O) groups excluding carboxylic acids is 2. The summed E-state index contributed by atoms with van der Waals surface area (Å²) in [7, 11) is 0. The van der Waals surface area contributed by atoms with Crippen LogP contribution < -0.4 is 10.2 Å². The molecular formula is C24H30N2O5. The molecule has 2 N–H and O–H groups in total. The molecule has 0 saturated carbocycles. The van der Waals surface area contributed by atoms with Crippen molar-refractivity contribution in [3.05, 3.63) is 65.2 Å². The predicted octanol–water partition coefficient (Wildman–Crippen LogP) is 3.21. The molecule has 7 nitrogen and oxygen atoms in total. The molecule has 0 aliphatic carbocycles. The van der Waals surface area contributed by atoms with E-state index in [1.165, 1.54) is 6.92 Å². The van der Waals surface area contributed by atoms with E-state index in [4.69, 9.17) is 4.74 Å². The molecule has 2 aromatic carbocycles. The quantitative estimate of drug-likeness (QED) is 0.498. The minimum absolute atomic E-state index is 0.350. The summed E-state index contributed by atoms with van der Waals surface area (Å²) in [5.41, 5.74) is 4.63. The topological polar surface area (TPSA) is 88.1 Å². The number of benzene rings is 2. The standard InChI is InChI=1S/C24H30N2O5/c1-18(27)25-31-24(29)21-12-10-19(11-13-21)7-5-15-30-22-8-4-6-20(16-22)17-26-14-3-2-9-23(26)28/h4,6,8,10-13,16,23,28H,2-3,5,7,9,14-15,17H2,1H3,(H,25,27). The van der Waals surface area contributed by atoms with Gasteiger partial charge in [0.2, 0.25) is 5.91 Å². The van der Waals surface area contributed by atoms with Gasteiger partial charge in [-0.05, 0) is 67.5 Å². The van der Waals surface area contributed by atoms with Gasteiger partial charge in [-0.25, -0.2) is 4.79 Å². The molecule has 1 fully saturated rings. The molecule has 1 saturated heterocycles. The first kappa shape index (κ1) is 22.8. The largest absolute Gasteiger partial charge is 0.494 e. The SMILES string of the molecule is CC(=O)NOC(=O)c1ccc(CCCOc2cccc(CN3CCCCC3O)c2)cc1. The number of piperidine rings is 1. The molecule has 7 heteroatoms. The van der Waals surface area contributed by atoms with Crippen molar-refractivity contribution < 1.29 is 24.3 Å². The molecule has 2 aromatic rings. The summed E-state index contributed by atoms with van der Waals surface area (Å²) in [6.07, 6.45) is 4.37. The number of aryl methyl sites for hydroxylation is 1. The smallest absolute Gasteiger partial charge is 0.362 e. The van der Waals surface area contributed by atoms with Crippen molar-refractivity contribution in [2.75, 3.05) is 13.2 Å². The predicted molar refractivity (Wildman–Crippen MR) is 116 cm³/mol. The second kappa shape index (κ2) is 11.5. The van der Waals surface area contributed by atoms with E-state index in [9.17, 15) is 14.7 Å². The van der Waals surface area contributed by atoms with Crippen LogP contribution in [0.5, 0.6) is 5.75 Å². The monoisotopic (exact) mass is 426 g/mol. The van der Waals surface area contributed by atoms with Crippen molar-refractivity contribution in [2.45, 2.75) is 51.8 Å². The summed E-state index contributed by atoms with van der Waals surface area (Å²) < 4.78 is 5.91. The molecule has 1 unspecified atom stereocenters. The molecule has 0 bridgehead atoms. The normalized spacial score (nSPS) is 16.5. The van der Waals surface area contributed by atoms with Crippen LogP contribution >= 0.6 is 0 Å². The van der Waals surface area contributed by atoms with Gasteiger partial charge >= 0.3 is 5.97 Å². The van der Waals surface area contributed by atoms with Crippen LogP contribution in [0.25, 0.3) is 0 Å². The molecule has 1 amide bonds. The molecule has 1 aliphatic rings. The van der Waals surface area contributed by atoms with Gasteiger partial charge < -0.3 is 14.7 Å². The van der Waals surface area contributed by atoms with Gasteiger partial charge in [0.05, 0.1) is 12.2 Å². The van der Waals surface area contributed by atoms with Crippen molar-refractivity contribution in [1.82, 2.24) is 10.4 Å². The van der Waals surface area contributed by atoms with E-state index in [0.29, 0.717) is 12.2 Å². The second-order valence-corrected chi connectivity index (χ2v) is 7.79. The van der Waals surface area contributed by atoms with Gasteiger partial charge in [-0.15, -0.1) is 0 Å². The minimum atomic E-state index is -0.595. The highest BCUT2D eigenvalue weighted by Crippen LogP contribution is 2.20. The summed E-state index contributed by atoms with van der Waals surface area (Å²) in [5, 5.41) is 10.1. The number of amides is 1. The first-order valence-corrected chi connectivity index (χ1v) is 10.7. The fourth-order valence-corrected chi connectivity index (χ4v) is 3.58. The lowest BCUT2D eigenvalue weighted by Crippen LogP contribution is -2.38. The van der Waals surface area contributed by atoms with Gasteiger partial charge in [0.15, 0.2) is 0 Å². The zero-order valence-electron chi connectivity index (χ0n) is 17.9. The number of hydrogen-bond acceptors (Lipinski definition) is 6. The number of aliphatic hydroxyl groups excluding tert-OH is 1. The maximum Gasteiger partial charge on any atom is 0.362 e. The lowest BCUT2D eigenvalue weighted by molar-refractivity contribution is -0.127. The van der Waals surface area contributed by atoms with Crippen molar-refractivity contribution in [3.8, 4) is 5.75 Å². The number of rotatable bonds is 8. The third kappa shape index (κ3) is 7.38.